The summed E-state index contributed by atoms with van der Waals surface area (Å²) in [5.41, 5.74) is 0. The topological polar surface area (TPSA) is 20.3 Å². The number of ketones is 1. The molecule has 1 aliphatic carbocycles. The molecule has 0 amide bonds. The number of nitrogens with zero attached hydrogens (tertiary/aromatic N) is 1. The van der Waals surface area contributed by atoms with Crippen molar-refractivity contribution in [1.82, 2.24) is 4.90 Å². The van der Waals surface area contributed by atoms with E-state index in [4.69, 9.17) is 0 Å². The van der Waals surface area contributed by atoms with E-state index in [0.29, 0.717) is 12.3 Å². The van der Waals surface area contributed by atoms with Crippen molar-refractivity contribution in [2.24, 2.45) is 5.92 Å². The molecule has 0 spiro atoms. The molecule has 0 aromatic carbocycles. The van der Waals surface area contributed by atoms with Crippen LogP contribution in [0.4, 0.5) is 0 Å². The smallest absolute Gasteiger partial charge is 0.143 e. The number of carbonyl (C=O) groups excluding carboxylic acids is 1. The molecule has 2 fully saturated rings. The zero-order chi connectivity index (χ0) is 9.97. The van der Waals surface area contributed by atoms with Gasteiger partial charge < -0.3 is 0 Å². The monoisotopic (exact) mass is 195 g/mol. The van der Waals surface area contributed by atoms with Gasteiger partial charge in [-0.3, -0.25) is 9.69 Å². The molecule has 2 atom stereocenters. The summed E-state index contributed by atoms with van der Waals surface area (Å²) in [5, 5.41) is 0. The molecule has 0 aromatic heterocycles. The second-order valence-corrected chi connectivity index (χ2v) is 4.93. The quantitative estimate of drug-likeness (QED) is 0.673. The minimum Gasteiger partial charge on any atom is -0.299 e. The van der Waals surface area contributed by atoms with E-state index in [1.54, 1.807) is 6.92 Å². The van der Waals surface area contributed by atoms with Gasteiger partial charge in [-0.25, -0.2) is 0 Å². The first kappa shape index (κ1) is 10.2. The molecule has 1 heterocycles. The summed E-state index contributed by atoms with van der Waals surface area (Å²) in [6.07, 6.45) is 8.22. The lowest BCUT2D eigenvalue weighted by Crippen LogP contribution is -2.48. The molecule has 1 saturated carbocycles. The summed E-state index contributed by atoms with van der Waals surface area (Å²) >= 11 is 0. The number of piperidine rings is 1. The van der Waals surface area contributed by atoms with Gasteiger partial charge in [0.25, 0.3) is 0 Å². The summed E-state index contributed by atoms with van der Waals surface area (Å²) in [6.45, 7) is 3.56. The van der Waals surface area contributed by atoms with E-state index in [2.05, 4.69) is 4.90 Å². The number of Topliss-reactive ketones (excluding diaryl/α,β-unsaturated/α-hetero) is 1. The maximum Gasteiger partial charge on any atom is 0.143 e. The average Bonchev–Trinajstić information content (AvgIpc) is 2.18. The van der Waals surface area contributed by atoms with Crippen molar-refractivity contribution in [1.29, 1.82) is 0 Å². The summed E-state index contributed by atoms with van der Waals surface area (Å²) in [5.74, 6) is 1.23. The van der Waals surface area contributed by atoms with E-state index in [1.807, 2.05) is 0 Å². The molecule has 2 rings (SSSR count). The SMILES string of the molecule is CC(=O)CN1CCCC2CCCCC21. The lowest BCUT2D eigenvalue weighted by atomic mass is 9.78. The van der Waals surface area contributed by atoms with Crippen LogP contribution in [-0.4, -0.2) is 29.8 Å². The Kier molecular flexibility index (Phi) is 3.22. The minimum atomic E-state index is 0.330. The number of likely N-dealkylation sites (tertiary alicyclic amines) is 1. The largest absolute Gasteiger partial charge is 0.299 e. The van der Waals surface area contributed by atoms with Gasteiger partial charge in [0.2, 0.25) is 0 Å². The van der Waals surface area contributed by atoms with Crippen LogP contribution in [0.3, 0.4) is 0 Å². The highest BCUT2D eigenvalue weighted by Crippen LogP contribution is 2.34. The maximum absolute atomic E-state index is 11.1. The van der Waals surface area contributed by atoms with Gasteiger partial charge in [0.15, 0.2) is 0 Å². The molecule has 2 unspecified atom stereocenters. The lowest BCUT2D eigenvalue weighted by molar-refractivity contribution is -0.119. The Labute approximate surface area is 86.7 Å². The Hall–Kier alpha value is -0.370. The van der Waals surface area contributed by atoms with Crippen LogP contribution in [-0.2, 0) is 4.79 Å². The van der Waals surface area contributed by atoms with Crippen LogP contribution >= 0.6 is 0 Å². The summed E-state index contributed by atoms with van der Waals surface area (Å²) in [7, 11) is 0. The number of fused-ring (bicyclic) bond motifs is 1. The molecule has 0 aromatic rings. The van der Waals surface area contributed by atoms with Crippen molar-refractivity contribution in [2.45, 2.75) is 51.5 Å². The van der Waals surface area contributed by atoms with Crippen LogP contribution in [0.1, 0.15) is 45.4 Å². The second-order valence-electron chi connectivity index (χ2n) is 4.93. The van der Waals surface area contributed by atoms with Gasteiger partial charge in [0.1, 0.15) is 5.78 Å². The van der Waals surface area contributed by atoms with Crippen LogP contribution in [0, 0.1) is 5.92 Å². The first-order valence-electron chi connectivity index (χ1n) is 6.01. The van der Waals surface area contributed by atoms with E-state index in [0.717, 1.165) is 18.5 Å². The van der Waals surface area contributed by atoms with Gasteiger partial charge >= 0.3 is 0 Å². The van der Waals surface area contributed by atoms with E-state index < -0.39 is 0 Å². The summed E-state index contributed by atoms with van der Waals surface area (Å²) < 4.78 is 0. The molecule has 0 radical (unpaired) electrons. The Balaban J connectivity index is 1.97. The van der Waals surface area contributed by atoms with Crippen LogP contribution < -0.4 is 0 Å². The third-order valence-electron chi connectivity index (χ3n) is 3.78. The molecular weight excluding hydrogens is 174 g/mol. The first-order chi connectivity index (χ1) is 6.77. The molecule has 2 aliphatic rings. The molecule has 1 saturated heterocycles. The Morgan fingerprint density at radius 3 is 2.71 bits per heavy atom. The fourth-order valence-electron chi connectivity index (χ4n) is 3.21. The van der Waals surface area contributed by atoms with Crippen molar-refractivity contribution in [3.63, 3.8) is 0 Å². The zero-order valence-corrected chi connectivity index (χ0v) is 9.17. The van der Waals surface area contributed by atoms with Crippen molar-refractivity contribution in [3.8, 4) is 0 Å². The van der Waals surface area contributed by atoms with E-state index in [1.165, 1.54) is 38.5 Å². The molecule has 2 nitrogen and oxygen atoms in total. The molecule has 0 N–H and O–H groups in total. The molecule has 80 valence electrons. The fraction of sp³-hybridized carbons (Fsp3) is 0.917. The molecule has 1 aliphatic heterocycles. The van der Waals surface area contributed by atoms with E-state index >= 15 is 0 Å². The van der Waals surface area contributed by atoms with Crippen molar-refractivity contribution in [3.05, 3.63) is 0 Å². The van der Waals surface area contributed by atoms with Crippen LogP contribution in [0.5, 0.6) is 0 Å². The first-order valence-corrected chi connectivity index (χ1v) is 6.01. The average molecular weight is 195 g/mol. The van der Waals surface area contributed by atoms with Gasteiger partial charge in [-0.1, -0.05) is 12.8 Å². The minimum absolute atomic E-state index is 0.330. The summed E-state index contributed by atoms with van der Waals surface area (Å²) in [6, 6.07) is 0.737. The molecular formula is C12H21NO. The van der Waals surface area contributed by atoms with Gasteiger partial charge in [0.05, 0.1) is 6.54 Å². The number of carbonyl (C=O) groups is 1. The van der Waals surface area contributed by atoms with Crippen molar-refractivity contribution >= 4 is 5.78 Å². The summed E-state index contributed by atoms with van der Waals surface area (Å²) in [4.78, 5) is 13.6. The van der Waals surface area contributed by atoms with Gasteiger partial charge in [-0.2, -0.15) is 0 Å². The lowest BCUT2D eigenvalue weighted by Gasteiger charge is -2.43. The predicted molar refractivity (Wildman–Crippen MR) is 57.2 cm³/mol. The third-order valence-corrected chi connectivity index (χ3v) is 3.78. The number of hydrogen-bond acceptors (Lipinski definition) is 2. The van der Waals surface area contributed by atoms with E-state index in [-0.39, 0.29) is 0 Å². The highest BCUT2D eigenvalue weighted by molar-refractivity contribution is 5.77. The zero-order valence-electron chi connectivity index (χ0n) is 9.17. The standard InChI is InChI=1S/C12H21NO/c1-10(14)9-13-8-4-6-11-5-2-3-7-12(11)13/h11-12H,2-9H2,1H3. The molecule has 2 heteroatoms. The highest BCUT2D eigenvalue weighted by atomic mass is 16.1. The maximum atomic E-state index is 11.1. The van der Waals surface area contributed by atoms with Gasteiger partial charge in [-0.15, -0.1) is 0 Å². The molecule has 0 bridgehead atoms. The van der Waals surface area contributed by atoms with Gasteiger partial charge in [0, 0.05) is 6.04 Å². The van der Waals surface area contributed by atoms with Crippen molar-refractivity contribution in [2.75, 3.05) is 13.1 Å². The second kappa shape index (κ2) is 4.43. The van der Waals surface area contributed by atoms with Crippen LogP contribution in [0.15, 0.2) is 0 Å². The number of rotatable bonds is 2. The van der Waals surface area contributed by atoms with E-state index in [9.17, 15) is 4.79 Å². The highest BCUT2D eigenvalue weighted by Gasteiger charge is 2.33. The predicted octanol–water partition coefficient (Wildman–Crippen LogP) is 2.23. The van der Waals surface area contributed by atoms with Crippen LogP contribution in [0.25, 0.3) is 0 Å². The number of hydrogen-bond donors (Lipinski definition) is 0. The Morgan fingerprint density at radius 2 is 1.93 bits per heavy atom. The fourth-order valence-corrected chi connectivity index (χ4v) is 3.21. The Morgan fingerprint density at radius 1 is 1.21 bits per heavy atom. The van der Waals surface area contributed by atoms with Gasteiger partial charge in [-0.05, 0) is 45.1 Å². The normalized spacial score (nSPS) is 33.8. The van der Waals surface area contributed by atoms with Crippen molar-refractivity contribution < 1.29 is 4.79 Å². The molecule has 14 heavy (non-hydrogen) atoms. The van der Waals surface area contributed by atoms with Crippen LogP contribution in [0.2, 0.25) is 0 Å². The Bertz CT molecular complexity index is 212. The third kappa shape index (κ3) is 2.17.